The van der Waals surface area contributed by atoms with Gasteiger partial charge in [-0.2, -0.15) is 0 Å². The SMILES string of the molecule is CC(CP(=O)(O)Cc1ccccc1)(C(=O)O)C1CCCCC1. The molecule has 2 unspecified atom stereocenters. The highest BCUT2D eigenvalue weighted by atomic mass is 31.2. The smallest absolute Gasteiger partial charge is 0.310 e. The van der Waals surface area contributed by atoms with Crippen LogP contribution in [-0.4, -0.2) is 22.1 Å². The first-order valence-corrected chi connectivity index (χ1v) is 9.95. The van der Waals surface area contributed by atoms with E-state index in [9.17, 15) is 19.4 Å². The molecule has 1 aromatic rings. The molecule has 0 spiro atoms. The van der Waals surface area contributed by atoms with Gasteiger partial charge in [-0.05, 0) is 31.2 Å². The Morgan fingerprint density at radius 1 is 1.23 bits per heavy atom. The van der Waals surface area contributed by atoms with E-state index in [1.807, 2.05) is 30.3 Å². The number of rotatable bonds is 6. The summed E-state index contributed by atoms with van der Waals surface area (Å²) < 4.78 is 12.6. The van der Waals surface area contributed by atoms with E-state index in [1.54, 1.807) is 6.92 Å². The van der Waals surface area contributed by atoms with E-state index in [2.05, 4.69) is 0 Å². The van der Waals surface area contributed by atoms with Crippen molar-refractivity contribution < 1.29 is 19.4 Å². The van der Waals surface area contributed by atoms with Gasteiger partial charge in [0.15, 0.2) is 0 Å². The third kappa shape index (κ3) is 4.21. The van der Waals surface area contributed by atoms with Crippen LogP contribution < -0.4 is 0 Å². The Labute approximate surface area is 132 Å². The molecule has 1 fully saturated rings. The van der Waals surface area contributed by atoms with Crippen molar-refractivity contribution in [1.29, 1.82) is 0 Å². The van der Waals surface area contributed by atoms with Crippen LogP contribution in [0, 0.1) is 11.3 Å². The molecule has 0 aliphatic heterocycles. The van der Waals surface area contributed by atoms with E-state index < -0.39 is 18.8 Å². The van der Waals surface area contributed by atoms with E-state index in [4.69, 9.17) is 0 Å². The summed E-state index contributed by atoms with van der Waals surface area (Å²) in [4.78, 5) is 22.2. The number of hydrogen-bond donors (Lipinski definition) is 2. The van der Waals surface area contributed by atoms with Gasteiger partial charge in [0.2, 0.25) is 7.37 Å². The Hall–Kier alpha value is -1.12. The van der Waals surface area contributed by atoms with E-state index >= 15 is 0 Å². The predicted octanol–water partition coefficient (Wildman–Crippen LogP) is 4.13. The first-order chi connectivity index (χ1) is 10.3. The zero-order valence-electron chi connectivity index (χ0n) is 13.1. The van der Waals surface area contributed by atoms with Gasteiger partial charge >= 0.3 is 5.97 Å². The summed E-state index contributed by atoms with van der Waals surface area (Å²) in [6.07, 6.45) is 4.75. The standard InChI is InChI=1S/C17H25O4P/c1-17(16(18)19,15-10-6-3-7-11-15)13-22(20,21)12-14-8-4-2-5-9-14/h2,4-5,8-9,15H,3,6-7,10-13H2,1H3,(H,18,19)(H,20,21). The van der Waals surface area contributed by atoms with Gasteiger partial charge in [0.1, 0.15) is 0 Å². The second-order valence-corrected chi connectivity index (χ2v) is 9.03. The van der Waals surface area contributed by atoms with Gasteiger partial charge in [-0.15, -0.1) is 0 Å². The van der Waals surface area contributed by atoms with E-state index in [-0.39, 0.29) is 18.2 Å². The number of carbonyl (C=O) groups is 1. The molecule has 5 heteroatoms. The van der Waals surface area contributed by atoms with Crippen molar-refractivity contribution in [1.82, 2.24) is 0 Å². The molecule has 2 atom stereocenters. The van der Waals surface area contributed by atoms with Gasteiger partial charge < -0.3 is 10.00 Å². The maximum Gasteiger partial charge on any atom is 0.310 e. The summed E-state index contributed by atoms with van der Waals surface area (Å²) >= 11 is 0. The van der Waals surface area contributed by atoms with Crippen molar-refractivity contribution >= 4 is 13.3 Å². The molecule has 0 amide bonds. The quantitative estimate of drug-likeness (QED) is 0.772. The normalized spacial score (nSPS) is 21.7. The zero-order chi connectivity index (χ0) is 16.2. The van der Waals surface area contributed by atoms with Crippen molar-refractivity contribution in [3.05, 3.63) is 35.9 Å². The number of carboxylic acids is 1. The molecule has 1 aliphatic rings. The van der Waals surface area contributed by atoms with E-state index in [0.29, 0.717) is 0 Å². The van der Waals surface area contributed by atoms with Crippen LogP contribution in [0.25, 0.3) is 0 Å². The fourth-order valence-corrected chi connectivity index (χ4v) is 5.86. The fourth-order valence-electron chi connectivity index (χ4n) is 3.55. The highest BCUT2D eigenvalue weighted by molar-refractivity contribution is 7.57. The maximum atomic E-state index is 12.6. The third-order valence-corrected chi connectivity index (χ3v) is 6.85. The number of carboxylic acid groups (broad SMARTS) is 1. The molecule has 22 heavy (non-hydrogen) atoms. The summed E-state index contributed by atoms with van der Waals surface area (Å²) in [5.41, 5.74) is -0.329. The van der Waals surface area contributed by atoms with Crippen LogP contribution in [0.5, 0.6) is 0 Å². The monoisotopic (exact) mass is 324 g/mol. The van der Waals surface area contributed by atoms with Gasteiger partial charge in [-0.1, -0.05) is 49.6 Å². The van der Waals surface area contributed by atoms with Crippen molar-refractivity contribution in [2.75, 3.05) is 6.16 Å². The summed E-state index contributed by atoms with van der Waals surface area (Å²) in [5, 5.41) is 9.68. The van der Waals surface area contributed by atoms with E-state index in [0.717, 1.165) is 37.7 Å². The summed E-state index contributed by atoms with van der Waals surface area (Å²) in [6, 6.07) is 9.12. The lowest BCUT2D eigenvalue weighted by molar-refractivity contribution is -0.150. The van der Waals surface area contributed by atoms with Gasteiger partial charge in [0, 0.05) is 12.3 Å². The lowest BCUT2D eigenvalue weighted by atomic mass is 9.71. The molecule has 0 bridgehead atoms. The molecular formula is C17H25O4P. The second-order valence-electron chi connectivity index (χ2n) is 6.71. The summed E-state index contributed by atoms with van der Waals surface area (Å²) in [6.45, 7) is 1.65. The lowest BCUT2D eigenvalue weighted by Crippen LogP contribution is -2.40. The largest absolute Gasteiger partial charge is 0.481 e. The molecule has 2 N–H and O–H groups in total. The highest BCUT2D eigenvalue weighted by Crippen LogP contribution is 2.53. The molecule has 0 aromatic heterocycles. The summed E-state index contributed by atoms with van der Waals surface area (Å²) in [5.74, 6) is -0.947. The average Bonchev–Trinajstić information content (AvgIpc) is 2.48. The Balaban J connectivity index is 2.15. The minimum absolute atomic E-state index is 0.00463. The first-order valence-electron chi connectivity index (χ1n) is 7.92. The lowest BCUT2D eigenvalue weighted by Gasteiger charge is -2.37. The highest BCUT2D eigenvalue weighted by Gasteiger charge is 2.46. The van der Waals surface area contributed by atoms with E-state index in [1.165, 1.54) is 0 Å². The summed E-state index contributed by atoms with van der Waals surface area (Å²) in [7, 11) is -3.54. The maximum absolute atomic E-state index is 12.6. The molecule has 1 aliphatic carbocycles. The molecule has 4 nitrogen and oxygen atoms in total. The van der Waals surface area contributed by atoms with Crippen molar-refractivity contribution in [3.63, 3.8) is 0 Å². The van der Waals surface area contributed by atoms with Crippen LogP contribution in [-0.2, 0) is 15.5 Å². The van der Waals surface area contributed by atoms with Crippen LogP contribution in [0.4, 0.5) is 0 Å². The molecule has 0 heterocycles. The minimum Gasteiger partial charge on any atom is -0.481 e. The molecule has 0 radical (unpaired) electrons. The Kier molecular flexibility index (Phi) is 5.46. The number of hydrogen-bond acceptors (Lipinski definition) is 2. The molecule has 122 valence electrons. The number of benzene rings is 1. The molecule has 1 saturated carbocycles. The van der Waals surface area contributed by atoms with Gasteiger partial charge in [0.05, 0.1) is 5.41 Å². The van der Waals surface area contributed by atoms with Crippen molar-refractivity contribution in [3.8, 4) is 0 Å². The van der Waals surface area contributed by atoms with Crippen LogP contribution in [0.3, 0.4) is 0 Å². The fraction of sp³-hybridized carbons (Fsp3) is 0.588. The van der Waals surface area contributed by atoms with Crippen LogP contribution >= 0.6 is 7.37 Å². The van der Waals surface area contributed by atoms with Crippen molar-refractivity contribution in [2.45, 2.75) is 45.2 Å². The Bertz CT molecular complexity index is 551. The van der Waals surface area contributed by atoms with Crippen LogP contribution in [0.15, 0.2) is 30.3 Å². The van der Waals surface area contributed by atoms with Gasteiger partial charge in [0.25, 0.3) is 0 Å². The molecule has 1 aromatic carbocycles. The predicted molar refractivity (Wildman–Crippen MR) is 87.2 cm³/mol. The first kappa shape index (κ1) is 17.2. The zero-order valence-corrected chi connectivity index (χ0v) is 14.0. The Morgan fingerprint density at radius 2 is 1.82 bits per heavy atom. The van der Waals surface area contributed by atoms with Gasteiger partial charge in [-0.3, -0.25) is 9.36 Å². The third-order valence-electron chi connectivity index (χ3n) is 4.84. The van der Waals surface area contributed by atoms with Crippen LogP contribution in [0.1, 0.15) is 44.6 Å². The molecular weight excluding hydrogens is 299 g/mol. The molecule has 2 rings (SSSR count). The Morgan fingerprint density at radius 3 is 2.36 bits per heavy atom. The number of aliphatic carboxylic acids is 1. The average molecular weight is 324 g/mol. The van der Waals surface area contributed by atoms with Gasteiger partial charge in [-0.25, -0.2) is 0 Å². The van der Waals surface area contributed by atoms with Crippen LogP contribution in [0.2, 0.25) is 0 Å². The minimum atomic E-state index is -3.54. The topological polar surface area (TPSA) is 74.6 Å². The second kappa shape index (κ2) is 6.97. The van der Waals surface area contributed by atoms with Crippen molar-refractivity contribution in [2.24, 2.45) is 11.3 Å². The molecule has 0 saturated heterocycles.